The van der Waals surface area contributed by atoms with Gasteiger partial charge in [-0.15, -0.1) is 0 Å². The van der Waals surface area contributed by atoms with Gasteiger partial charge >= 0.3 is 6.03 Å². The molecule has 4 nitrogen and oxygen atoms in total. The van der Waals surface area contributed by atoms with E-state index in [1.165, 1.54) is 6.21 Å². The molecule has 0 aliphatic carbocycles. The first-order valence-electron chi connectivity index (χ1n) is 6.30. The normalized spacial score (nSPS) is 23.3. The summed E-state index contributed by atoms with van der Waals surface area (Å²) >= 11 is 0. The molecule has 2 aliphatic rings. The molecule has 21 heavy (non-hydrogen) atoms. The Balaban J connectivity index is 1.79. The smallest absolute Gasteiger partial charge is 0.311 e. The van der Waals surface area contributed by atoms with Crippen molar-refractivity contribution in [2.45, 2.75) is 18.4 Å². The maximum atomic E-state index is 13.3. The Hall–Kier alpha value is -2.12. The Morgan fingerprint density at radius 1 is 1.19 bits per heavy atom. The lowest BCUT2D eigenvalue weighted by Gasteiger charge is -2.40. The van der Waals surface area contributed by atoms with Crippen molar-refractivity contribution >= 4 is 12.2 Å². The number of benzene rings is 1. The monoisotopic (exact) mass is 301 g/mol. The summed E-state index contributed by atoms with van der Waals surface area (Å²) in [6.45, 7) is -1.33. The highest BCUT2D eigenvalue weighted by atomic mass is 19.3. The number of nitrogens with zero attached hydrogens (tertiary/aromatic N) is 3. The predicted molar refractivity (Wildman–Crippen MR) is 66.0 cm³/mol. The molecule has 2 aliphatic heterocycles. The van der Waals surface area contributed by atoms with Crippen molar-refractivity contribution in [1.29, 1.82) is 0 Å². The number of likely N-dealkylation sites (tertiary alicyclic amines) is 1. The Labute approximate surface area is 117 Å². The second kappa shape index (κ2) is 4.71. The SMILES string of the molecule is O=C(N1CC(F)(F)C1)N1N=CCC1c1cc(F)cc(F)c1. The van der Waals surface area contributed by atoms with E-state index in [1.807, 2.05) is 0 Å². The minimum atomic E-state index is -2.88. The van der Waals surface area contributed by atoms with Crippen LogP contribution in [0.25, 0.3) is 0 Å². The zero-order valence-electron chi connectivity index (χ0n) is 10.8. The minimum absolute atomic E-state index is 0.241. The Morgan fingerprint density at radius 3 is 2.38 bits per heavy atom. The molecule has 112 valence electrons. The molecule has 3 rings (SSSR count). The van der Waals surface area contributed by atoms with Gasteiger partial charge in [0.25, 0.3) is 5.92 Å². The molecule has 1 saturated heterocycles. The van der Waals surface area contributed by atoms with Crippen LogP contribution in [0.2, 0.25) is 0 Å². The zero-order valence-corrected chi connectivity index (χ0v) is 10.8. The van der Waals surface area contributed by atoms with Gasteiger partial charge in [-0.25, -0.2) is 27.4 Å². The summed E-state index contributed by atoms with van der Waals surface area (Å²) in [6, 6.07) is 1.56. The van der Waals surface area contributed by atoms with Crippen LogP contribution in [0.1, 0.15) is 18.0 Å². The lowest BCUT2D eigenvalue weighted by atomic mass is 10.0. The van der Waals surface area contributed by atoms with Gasteiger partial charge in [-0.1, -0.05) is 0 Å². The molecule has 8 heteroatoms. The van der Waals surface area contributed by atoms with Gasteiger partial charge in [0.1, 0.15) is 11.6 Å². The second-order valence-corrected chi connectivity index (χ2v) is 5.09. The van der Waals surface area contributed by atoms with Crippen molar-refractivity contribution in [3.63, 3.8) is 0 Å². The Kier molecular flexibility index (Phi) is 3.11. The molecule has 0 aromatic heterocycles. The minimum Gasteiger partial charge on any atom is -0.311 e. The van der Waals surface area contributed by atoms with Gasteiger partial charge in [0.05, 0.1) is 19.1 Å². The number of amides is 2. The van der Waals surface area contributed by atoms with Crippen LogP contribution in [0.3, 0.4) is 0 Å². The third-order valence-corrected chi connectivity index (χ3v) is 3.41. The summed E-state index contributed by atoms with van der Waals surface area (Å²) in [5.74, 6) is -4.40. The molecule has 1 atom stereocenters. The summed E-state index contributed by atoms with van der Waals surface area (Å²) < 4.78 is 52.1. The maximum absolute atomic E-state index is 13.3. The van der Waals surface area contributed by atoms with E-state index in [0.29, 0.717) is 0 Å². The third-order valence-electron chi connectivity index (χ3n) is 3.41. The van der Waals surface area contributed by atoms with Crippen molar-refractivity contribution in [2.24, 2.45) is 5.10 Å². The Morgan fingerprint density at radius 2 is 1.81 bits per heavy atom. The summed E-state index contributed by atoms with van der Waals surface area (Å²) in [7, 11) is 0. The summed E-state index contributed by atoms with van der Waals surface area (Å²) in [6.07, 6.45) is 1.70. The van der Waals surface area contributed by atoms with E-state index in [9.17, 15) is 22.4 Å². The largest absolute Gasteiger partial charge is 0.341 e. The number of hydrazone groups is 1. The van der Waals surface area contributed by atoms with Crippen molar-refractivity contribution in [3.8, 4) is 0 Å². The van der Waals surface area contributed by atoms with Crippen LogP contribution in [0.4, 0.5) is 22.4 Å². The van der Waals surface area contributed by atoms with Gasteiger partial charge in [-0.2, -0.15) is 5.10 Å². The summed E-state index contributed by atoms with van der Waals surface area (Å²) in [5, 5.41) is 4.82. The number of carbonyl (C=O) groups excluding carboxylic acids is 1. The van der Waals surface area contributed by atoms with E-state index >= 15 is 0 Å². The number of hydrogen-bond acceptors (Lipinski definition) is 2. The molecule has 1 aromatic carbocycles. The fraction of sp³-hybridized carbons (Fsp3) is 0.385. The van der Waals surface area contributed by atoms with Crippen LogP contribution >= 0.6 is 0 Å². The molecule has 0 bridgehead atoms. The predicted octanol–water partition coefficient (Wildman–Crippen LogP) is 2.77. The number of alkyl halides is 2. The first kappa shape index (κ1) is 13.8. The van der Waals surface area contributed by atoms with E-state index in [2.05, 4.69) is 5.10 Å². The molecular weight excluding hydrogens is 290 g/mol. The van der Waals surface area contributed by atoms with Crippen LogP contribution in [0, 0.1) is 11.6 Å². The summed E-state index contributed by atoms with van der Waals surface area (Å²) in [4.78, 5) is 13.0. The molecule has 0 N–H and O–H groups in total. The molecule has 2 heterocycles. The van der Waals surface area contributed by atoms with Gasteiger partial charge in [0.2, 0.25) is 0 Å². The molecular formula is C13H11F4N3O. The fourth-order valence-electron chi connectivity index (χ4n) is 2.44. The van der Waals surface area contributed by atoms with Crippen LogP contribution in [0.15, 0.2) is 23.3 Å². The van der Waals surface area contributed by atoms with Crippen molar-refractivity contribution in [2.75, 3.05) is 13.1 Å². The average molecular weight is 301 g/mol. The second-order valence-electron chi connectivity index (χ2n) is 5.09. The van der Waals surface area contributed by atoms with E-state index in [1.54, 1.807) is 0 Å². The van der Waals surface area contributed by atoms with Crippen molar-refractivity contribution < 1.29 is 22.4 Å². The summed E-state index contributed by atoms with van der Waals surface area (Å²) in [5.41, 5.74) is 0.241. The molecule has 1 aromatic rings. The molecule has 1 unspecified atom stereocenters. The number of carbonyl (C=O) groups is 1. The first-order valence-corrected chi connectivity index (χ1v) is 6.30. The van der Waals surface area contributed by atoms with Gasteiger partial charge in [-0.05, 0) is 17.7 Å². The number of rotatable bonds is 1. The number of urea groups is 1. The van der Waals surface area contributed by atoms with Crippen LogP contribution in [0.5, 0.6) is 0 Å². The van der Waals surface area contributed by atoms with Crippen LogP contribution in [-0.2, 0) is 0 Å². The highest BCUT2D eigenvalue weighted by Crippen LogP contribution is 2.33. The maximum Gasteiger partial charge on any atom is 0.341 e. The van der Waals surface area contributed by atoms with E-state index in [-0.39, 0.29) is 12.0 Å². The Bertz CT molecular complexity index is 591. The molecule has 0 spiro atoms. The fourth-order valence-corrected chi connectivity index (χ4v) is 2.44. The molecule has 0 radical (unpaired) electrons. The highest BCUT2D eigenvalue weighted by molar-refractivity contribution is 5.79. The lowest BCUT2D eigenvalue weighted by Crippen LogP contribution is -2.60. The standard InChI is InChI=1S/C13H11F4N3O/c14-9-3-8(4-10(15)5-9)11-1-2-18-20(11)12(21)19-6-13(16,17)7-19/h2-5,11H,1,6-7H2. The topological polar surface area (TPSA) is 35.9 Å². The van der Waals surface area contributed by atoms with Gasteiger partial charge in [0.15, 0.2) is 0 Å². The van der Waals surface area contributed by atoms with Gasteiger partial charge < -0.3 is 4.90 Å². The van der Waals surface area contributed by atoms with Crippen LogP contribution in [-0.4, -0.2) is 41.2 Å². The lowest BCUT2D eigenvalue weighted by molar-refractivity contribution is -0.114. The van der Waals surface area contributed by atoms with E-state index in [0.717, 1.165) is 28.1 Å². The average Bonchev–Trinajstić information content (AvgIpc) is 2.82. The zero-order chi connectivity index (χ0) is 15.2. The number of hydrogen-bond donors (Lipinski definition) is 0. The molecule has 2 amide bonds. The highest BCUT2D eigenvalue weighted by Gasteiger charge is 2.48. The molecule has 1 fully saturated rings. The molecule has 0 saturated carbocycles. The van der Waals surface area contributed by atoms with Crippen molar-refractivity contribution in [3.05, 3.63) is 35.4 Å². The first-order chi connectivity index (χ1) is 9.85. The van der Waals surface area contributed by atoms with Gasteiger partial charge in [-0.3, -0.25) is 0 Å². The third kappa shape index (κ3) is 2.57. The van der Waals surface area contributed by atoms with Crippen molar-refractivity contribution in [1.82, 2.24) is 9.91 Å². The quantitative estimate of drug-likeness (QED) is 0.735. The van der Waals surface area contributed by atoms with E-state index < -0.39 is 42.7 Å². The van der Waals surface area contributed by atoms with Crippen LogP contribution < -0.4 is 0 Å². The van der Waals surface area contributed by atoms with Gasteiger partial charge in [0, 0.05) is 18.7 Å². The number of halogens is 4. The van der Waals surface area contributed by atoms with E-state index in [4.69, 9.17) is 0 Å².